The highest BCUT2D eigenvalue weighted by Gasteiger charge is 2.28. The van der Waals surface area contributed by atoms with Crippen LogP contribution in [0.15, 0.2) is 42.5 Å². The van der Waals surface area contributed by atoms with Gasteiger partial charge in [0.15, 0.2) is 6.61 Å². The predicted molar refractivity (Wildman–Crippen MR) is 143 cm³/mol. The molecule has 1 heterocycles. The van der Waals surface area contributed by atoms with Gasteiger partial charge >= 0.3 is 0 Å². The Bertz CT molecular complexity index is 1110. The van der Waals surface area contributed by atoms with Crippen molar-refractivity contribution in [3.05, 3.63) is 58.9 Å². The second-order valence-electron chi connectivity index (χ2n) is 9.38. The first-order chi connectivity index (χ1) is 18.2. The molecule has 1 aliphatic heterocycles. The summed E-state index contributed by atoms with van der Waals surface area (Å²) in [5.74, 6) is -0.259. The highest BCUT2D eigenvalue weighted by atomic mass is 35.5. The van der Waals surface area contributed by atoms with Gasteiger partial charge in [-0.15, -0.1) is 0 Å². The Morgan fingerprint density at radius 2 is 1.68 bits per heavy atom. The van der Waals surface area contributed by atoms with E-state index in [9.17, 15) is 18.8 Å². The lowest BCUT2D eigenvalue weighted by Gasteiger charge is -2.29. The van der Waals surface area contributed by atoms with Crippen LogP contribution in [0.2, 0.25) is 5.02 Å². The molecule has 2 aromatic carbocycles. The van der Waals surface area contributed by atoms with Crippen molar-refractivity contribution in [1.82, 2.24) is 14.7 Å². The third-order valence-electron chi connectivity index (χ3n) is 6.59. The maximum absolute atomic E-state index is 13.2. The van der Waals surface area contributed by atoms with Crippen molar-refractivity contribution in [3.8, 4) is 11.5 Å². The van der Waals surface area contributed by atoms with Gasteiger partial charge in [0.25, 0.3) is 11.8 Å². The Morgan fingerprint density at radius 3 is 2.39 bits per heavy atom. The van der Waals surface area contributed by atoms with Gasteiger partial charge in [-0.2, -0.15) is 0 Å². The molecule has 0 aliphatic carbocycles. The van der Waals surface area contributed by atoms with E-state index in [0.717, 1.165) is 0 Å². The molecule has 0 unspecified atom stereocenters. The molecule has 8 nitrogen and oxygen atoms in total. The average Bonchev–Trinajstić information content (AvgIpc) is 2.91. The largest absolute Gasteiger partial charge is 0.493 e. The van der Waals surface area contributed by atoms with E-state index < -0.39 is 6.04 Å². The van der Waals surface area contributed by atoms with Gasteiger partial charge in [0.2, 0.25) is 5.91 Å². The van der Waals surface area contributed by atoms with Gasteiger partial charge in [-0.3, -0.25) is 14.4 Å². The molecule has 1 atom stereocenters. The Morgan fingerprint density at radius 1 is 1.03 bits per heavy atom. The van der Waals surface area contributed by atoms with Gasteiger partial charge in [0.05, 0.1) is 12.2 Å². The zero-order chi connectivity index (χ0) is 27.7. The first kappa shape index (κ1) is 29.2. The third-order valence-corrected chi connectivity index (χ3v) is 6.82. The van der Waals surface area contributed by atoms with E-state index in [-0.39, 0.29) is 30.1 Å². The lowest BCUT2D eigenvalue weighted by molar-refractivity contribution is -0.135. The van der Waals surface area contributed by atoms with Crippen LogP contribution in [-0.2, 0) is 9.59 Å². The van der Waals surface area contributed by atoms with Crippen molar-refractivity contribution in [2.45, 2.75) is 38.6 Å². The van der Waals surface area contributed by atoms with Crippen molar-refractivity contribution in [1.29, 1.82) is 0 Å². The number of ether oxygens (including phenoxy) is 2. The summed E-state index contributed by atoms with van der Waals surface area (Å²) in [6.45, 7) is 3.40. The number of fused-ring (bicyclic) bond motifs is 1. The van der Waals surface area contributed by atoms with E-state index in [0.29, 0.717) is 74.0 Å². The van der Waals surface area contributed by atoms with Gasteiger partial charge in [-0.1, -0.05) is 11.6 Å². The summed E-state index contributed by atoms with van der Waals surface area (Å²) in [5.41, 5.74) is 0.293. The van der Waals surface area contributed by atoms with Crippen LogP contribution >= 0.6 is 11.6 Å². The second-order valence-corrected chi connectivity index (χ2v) is 9.81. The Hall–Kier alpha value is -3.33. The molecule has 0 fully saturated rings. The highest BCUT2D eigenvalue weighted by Crippen LogP contribution is 2.25. The Kier molecular flexibility index (Phi) is 10.8. The molecule has 0 radical (unpaired) electrons. The lowest BCUT2D eigenvalue weighted by atomic mass is 10.1. The van der Waals surface area contributed by atoms with Crippen LogP contribution in [0.4, 0.5) is 4.39 Å². The van der Waals surface area contributed by atoms with Gasteiger partial charge in [0, 0.05) is 38.8 Å². The summed E-state index contributed by atoms with van der Waals surface area (Å²) in [6, 6.07) is 9.70. The van der Waals surface area contributed by atoms with E-state index in [1.54, 1.807) is 49.0 Å². The maximum atomic E-state index is 13.2. The SMILES string of the molecule is C[C@H]1C(=O)N(C)CCCCN(C(=O)COc2ccc(F)cc2)CCCCOc2ccc(Cl)cc2C(=O)N1C. The monoisotopic (exact) mass is 547 g/mol. The van der Waals surface area contributed by atoms with Crippen LogP contribution in [0.5, 0.6) is 11.5 Å². The number of halogens is 2. The fraction of sp³-hybridized carbons (Fsp3) is 0.464. The van der Waals surface area contributed by atoms with Crippen LogP contribution in [-0.4, -0.2) is 85.4 Å². The number of likely N-dealkylation sites (N-methyl/N-ethyl adjacent to an activating group) is 2. The maximum Gasteiger partial charge on any atom is 0.260 e. The minimum Gasteiger partial charge on any atom is -0.493 e. The fourth-order valence-corrected chi connectivity index (χ4v) is 4.29. The molecule has 0 spiro atoms. The first-order valence-corrected chi connectivity index (χ1v) is 13.2. The molecular formula is C28H35ClFN3O5. The van der Waals surface area contributed by atoms with Crippen LogP contribution in [0.25, 0.3) is 0 Å². The predicted octanol–water partition coefficient (Wildman–Crippen LogP) is 4.26. The topological polar surface area (TPSA) is 79.4 Å². The van der Waals surface area contributed by atoms with Crippen LogP contribution in [0.1, 0.15) is 43.0 Å². The summed E-state index contributed by atoms with van der Waals surface area (Å²) < 4.78 is 24.6. The second kappa shape index (κ2) is 14.0. The van der Waals surface area contributed by atoms with Crippen molar-refractivity contribution in [2.24, 2.45) is 0 Å². The van der Waals surface area contributed by atoms with Crippen LogP contribution in [0.3, 0.4) is 0 Å². The number of carbonyl (C=O) groups is 3. The zero-order valence-electron chi connectivity index (χ0n) is 22.1. The molecule has 0 saturated carbocycles. The minimum atomic E-state index is -0.684. The van der Waals surface area contributed by atoms with E-state index in [4.69, 9.17) is 21.1 Å². The smallest absolute Gasteiger partial charge is 0.260 e. The Labute approximate surface area is 228 Å². The van der Waals surface area contributed by atoms with Gasteiger partial charge in [-0.25, -0.2) is 4.39 Å². The van der Waals surface area contributed by atoms with Crippen LogP contribution < -0.4 is 9.47 Å². The molecule has 2 aromatic rings. The number of nitrogens with zero attached hydrogens (tertiary/aromatic N) is 3. The van der Waals surface area contributed by atoms with Crippen molar-refractivity contribution in [2.75, 3.05) is 46.9 Å². The van der Waals surface area contributed by atoms with E-state index in [1.807, 2.05) is 0 Å². The molecule has 0 saturated heterocycles. The molecular weight excluding hydrogens is 513 g/mol. The molecule has 1 aliphatic rings. The molecule has 3 rings (SSSR count). The molecule has 0 bridgehead atoms. The summed E-state index contributed by atoms with van der Waals surface area (Å²) in [7, 11) is 3.30. The van der Waals surface area contributed by atoms with Crippen molar-refractivity contribution < 1.29 is 28.2 Å². The van der Waals surface area contributed by atoms with Gasteiger partial charge in [-0.05, 0) is 75.1 Å². The number of carbonyl (C=O) groups excluding carboxylic acids is 3. The lowest BCUT2D eigenvalue weighted by Crippen LogP contribution is -2.47. The standard InChI is InChI=1S/C28H35ClFN3O5/c1-20-27(35)31(2)14-4-5-15-33(26(34)19-38-23-11-9-22(30)10-12-23)16-6-7-17-37-25-13-8-21(29)18-24(25)28(36)32(20)3/h8-13,18,20H,4-7,14-17,19H2,1-3H3/t20-/m0/s1. The van der Waals surface area contributed by atoms with Gasteiger partial charge < -0.3 is 24.2 Å². The number of hydrogen-bond donors (Lipinski definition) is 0. The third kappa shape index (κ3) is 8.08. The highest BCUT2D eigenvalue weighted by molar-refractivity contribution is 6.31. The van der Waals surface area contributed by atoms with E-state index >= 15 is 0 Å². The van der Waals surface area contributed by atoms with Crippen LogP contribution in [0, 0.1) is 5.82 Å². The molecule has 10 heteroatoms. The van der Waals surface area contributed by atoms with Crippen molar-refractivity contribution in [3.63, 3.8) is 0 Å². The molecule has 0 N–H and O–H groups in total. The molecule has 206 valence electrons. The Balaban J connectivity index is 1.71. The normalized spacial score (nSPS) is 18.4. The average molecular weight is 548 g/mol. The molecule has 3 amide bonds. The van der Waals surface area contributed by atoms with E-state index in [1.165, 1.54) is 29.2 Å². The summed E-state index contributed by atoms with van der Waals surface area (Å²) in [6.07, 6.45) is 2.74. The van der Waals surface area contributed by atoms with E-state index in [2.05, 4.69) is 0 Å². The zero-order valence-corrected chi connectivity index (χ0v) is 22.9. The summed E-state index contributed by atoms with van der Waals surface area (Å²) >= 11 is 6.16. The molecule has 38 heavy (non-hydrogen) atoms. The molecule has 0 aromatic heterocycles. The first-order valence-electron chi connectivity index (χ1n) is 12.8. The number of rotatable bonds is 3. The summed E-state index contributed by atoms with van der Waals surface area (Å²) in [4.78, 5) is 43.9. The van der Waals surface area contributed by atoms with Crippen molar-refractivity contribution >= 4 is 29.3 Å². The summed E-state index contributed by atoms with van der Waals surface area (Å²) in [5, 5.41) is 0.396. The minimum absolute atomic E-state index is 0.152. The number of amides is 3. The number of hydrogen-bond acceptors (Lipinski definition) is 5. The van der Waals surface area contributed by atoms with Gasteiger partial charge in [0.1, 0.15) is 23.4 Å². The quantitative estimate of drug-likeness (QED) is 0.574. The number of benzene rings is 2. The fourth-order valence-electron chi connectivity index (χ4n) is 4.12.